The number of hydrogen-bond acceptors (Lipinski definition) is 2. The fourth-order valence-electron chi connectivity index (χ4n) is 2.67. The Balaban J connectivity index is 2.33. The highest BCUT2D eigenvalue weighted by atomic mass is 16.3. The van der Waals surface area contributed by atoms with E-state index in [4.69, 9.17) is 0 Å². The molecule has 1 amide bonds. The average molecular weight is 311 g/mol. The van der Waals surface area contributed by atoms with Crippen LogP contribution < -0.4 is 5.32 Å². The summed E-state index contributed by atoms with van der Waals surface area (Å²) in [6.07, 6.45) is 1.23. The van der Waals surface area contributed by atoms with Crippen LogP contribution in [0.1, 0.15) is 49.3 Å². The van der Waals surface area contributed by atoms with Crippen molar-refractivity contribution in [1.29, 1.82) is 0 Å². The second-order valence-electron chi connectivity index (χ2n) is 6.11. The molecular weight excluding hydrogens is 286 g/mol. The van der Waals surface area contributed by atoms with Crippen LogP contribution >= 0.6 is 0 Å². The number of aromatic hydroxyl groups is 1. The number of phenolic OH excluding ortho intramolecular Hbond substituents is 1. The minimum Gasteiger partial charge on any atom is -0.508 e. The van der Waals surface area contributed by atoms with Gasteiger partial charge < -0.3 is 10.4 Å². The average Bonchev–Trinajstić information content (AvgIpc) is 2.55. The maximum absolute atomic E-state index is 12.4. The first-order chi connectivity index (χ1) is 11.0. The summed E-state index contributed by atoms with van der Waals surface area (Å²) in [5, 5.41) is 13.3. The zero-order valence-electron chi connectivity index (χ0n) is 14.0. The van der Waals surface area contributed by atoms with Crippen molar-refractivity contribution in [2.75, 3.05) is 0 Å². The molecule has 0 saturated heterocycles. The third-order valence-electron chi connectivity index (χ3n) is 4.17. The highest BCUT2D eigenvalue weighted by Gasteiger charge is 2.21. The lowest BCUT2D eigenvalue weighted by molar-refractivity contribution is -0.121. The second kappa shape index (κ2) is 7.82. The Labute approximate surface area is 138 Å². The molecule has 3 nitrogen and oxygen atoms in total. The van der Waals surface area contributed by atoms with Gasteiger partial charge in [-0.2, -0.15) is 0 Å². The van der Waals surface area contributed by atoms with Gasteiger partial charge in [-0.1, -0.05) is 55.0 Å². The van der Waals surface area contributed by atoms with Crippen LogP contribution in [0.4, 0.5) is 0 Å². The Morgan fingerprint density at radius 3 is 2.52 bits per heavy atom. The topological polar surface area (TPSA) is 49.3 Å². The van der Waals surface area contributed by atoms with Crippen molar-refractivity contribution in [2.45, 2.75) is 45.6 Å². The van der Waals surface area contributed by atoms with Gasteiger partial charge in [0, 0.05) is 23.9 Å². The third-order valence-corrected chi connectivity index (χ3v) is 4.17. The third kappa shape index (κ3) is 4.59. The van der Waals surface area contributed by atoms with Gasteiger partial charge in [0.1, 0.15) is 5.75 Å². The minimum atomic E-state index is -0.153. The number of aryl methyl sites for hydroxylation is 1. The summed E-state index contributed by atoms with van der Waals surface area (Å²) in [5.74, 6) is 0.0926. The lowest BCUT2D eigenvalue weighted by Gasteiger charge is -2.21. The zero-order chi connectivity index (χ0) is 16.8. The molecule has 0 unspecified atom stereocenters. The van der Waals surface area contributed by atoms with Gasteiger partial charge in [0.15, 0.2) is 0 Å². The molecule has 0 aromatic heterocycles. The first-order valence-electron chi connectivity index (χ1n) is 8.15. The van der Waals surface area contributed by atoms with E-state index >= 15 is 0 Å². The molecule has 0 bridgehead atoms. The molecule has 2 N–H and O–H groups in total. The molecule has 0 aliphatic carbocycles. The number of carbonyl (C=O) groups is 1. The van der Waals surface area contributed by atoms with E-state index in [1.807, 2.05) is 63.2 Å². The lowest BCUT2D eigenvalue weighted by Crippen LogP contribution is -2.33. The quantitative estimate of drug-likeness (QED) is 0.842. The lowest BCUT2D eigenvalue weighted by atomic mass is 9.87. The van der Waals surface area contributed by atoms with Gasteiger partial charge in [-0.25, -0.2) is 0 Å². The molecule has 3 heteroatoms. The largest absolute Gasteiger partial charge is 0.508 e. The van der Waals surface area contributed by atoms with Crippen molar-refractivity contribution in [2.24, 2.45) is 0 Å². The summed E-state index contributed by atoms with van der Waals surface area (Å²) >= 11 is 0. The van der Waals surface area contributed by atoms with E-state index in [0.29, 0.717) is 6.42 Å². The molecule has 0 fully saturated rings. The summed E-state index contributed by atoms with van der Waals surface area (Å²) in [6.45, 7) is 6.04. The van der Waals surface area contributed by atoms with E-state index in [1.165, 1.54) is 0 Å². The fraction of sp³-hybridized carbons (Fsp3) is 0.350. The Morgan fingerprint density at radius 1 is 1.17 bits per heavy atom. The van der Waals surface area contributed by atoms with Crippen molar-refractivity contribution in [3.8, 4) is 5.75 Å². The molecule has 23 heavy (non-hydrogen) atoms. The maximum atomic E-state index is 12.4. The number of carbonyl (C=O) groups excluding carboxylic acids is 1. The van der Waals surface area contributed by atoms with E-state index in [-0.39, 0.29) is 23.6 Å². The number of rotatable bonds is 6. The van der Waals surface area contributed by atoms with Crippen LogP contribution in [0.25, 0.3) is 0 Å². The van der Waals surface area contributed by atoms with Crippen LogP contribution in [0.2, 0.25) is 0 Å². The van der Waals surface area contributed by atoms with Crippen molar-refractivity contribution in [3.63, 3.8) is 0 Å². The summed E-state index contributed by atoms with van der Waals surface area (Å²) in [4.78, 5) is 12.4. The smallest absolute Gasteiger partial charge is 0.221 e. The van der Waals surface area contributed by atoms with E-state index in [9.17, 15) is 9.90 Å². The van der Waals surface area contributed by atoms with Gasteiger partial charge in [-0.05, 0) is 31.9 Å². The molecule has 0 aliphatic heterocycles. The van der Waals surface area contributed by atoms with Crippen LogP contribution in [-0.4, -0.2) is 17.1 Å². The highest BCUT2D eigenvalue weighted by Crippen LogP contribution is 2.34. The predicted molar refractivity (Wildman–Crippen MR) is 93.6 cm³/mol. The zero-order valence-corrected chi connectivity index (χ0v) is 14.0. The van der Waals surface area contributed by atoms with Gasteiger partial charge >= 0.3 is 0 Å². The fourth-order valence-corrected chi connectivity index (χ4v) is 2.67. The van der Waals surface area contributed by atoms with Crippen molar-refractivity contribution < 1.29 is 9.90 Å². The first-order valence-corrected chi connectivity index (χ1v) is 8.15. The molecular formula is C20H25NO2. The van der Waals surface area contributed by atoms with E-state index in [1.54, 1.807) is 6.07 Å². The van der Waals surface area contributed by atoms with Crippen LogP contribution in [0.3, 0.4) is 0 Å². The monoisotopic (exact) mass is 311 g/mol. The number of phenols is 1. The normalized spacial score (nSPS) is 13.3. The number of benzene rings is 2. The van der Waals surface area contributed by atoms with E-state index < -0.39 is 0 Å². The summed E-state index contributed by atoms with van der Waals surface area (Å²) in [5.41, 5.74) is 2.91. The standard InChI is InChI=1S/C20H25NO2/c1-4-15(3)21-20(23)13-17(16-8-6-5-7-9-16)18-12-14(2)10-11-19(18)22/h5-12,15,17,22H,4,13H2,1-3H3,(H,21,23)/t15-,17+/m1/s1. The highest BCUT2D eigenvalue weighted by molar-refractivity contribution is 5.78. The SMILES string of the molecule is CC[C@@H](C)NC(=O)C[C@@H](c1ccccc1)c1cc(C)ccc1O. The van der Waals surface area contributed by atoms with Crippen LogP contribution in [0.15, 0.2) is 48.5 Å². The summed E-state index contributed by atoms with van der Waals surface area (Å²) in [6, 6.07) is 15.6. The predicted octanol–water partition coefficient (Wildman–Crippen LogP) is 4.14. The Hall–Kier alpha value is -2.29. The first kappa shape index (κ1) is 17.1. The molecule has 0 aliphatic rings. The molecule has 0 saturated carbocycles. The molecule has 2 atom stereocenters. The van der Waals surface area contributed by atoms with Crippen LogP contribution in [-0.2, 0) is 4.79 Å². The van der Waals surface area contributed by atoms with Gasteiger partial charge in [0.25, 0.3) is 0 Å². The molecule has 2 aromatic rings. The van der Waals surface area contributed by atoms with Gasteiger partial charge in [-0.15, -0.1) is 0 Å². The molecule has 0 radical (unpaired) electrons. The number of hydrogen-bond donors (Lipinski definition) is 2. The second-order valence-corrected chi connectivity index (χ2v) is 6.11. The van der Waals surface area contributed by atoms with Crippen molar-refractivity contribution >= 4 is 5.91 Å². The molecule has 2 rings (SSSR count). The molecule has 122 valence electrons. The van der Waals surface area contributed by atoms with Gasteiger partial charge in [0.2, 0.25) is 5.91 Å². The van der Waals surface area contributed by atoms with Gasteiger partial charge in [0.05, 0.1) is 0 Å². The van der Waals surface area contributed by atoms with Crippen molar-refractivity contribution in [3.05, 3.63) is 65.2 Å². The summed E-state index contributed by atoms with van der Waals surface area (Å²) in [7, 11) is 0. The van der Waals surface area contributed by atoms with Crippen LogP contribution in [0, 0.1) is 6.92 Å². The molecule has 2 aromatic carbocycles. The maximum Gasteiger partial charge on any atom is 0.221 e. The molecule has 0 heterocycles. The number of amides is 1. The van der Waals surface area contributed by atoms with Crippen molar-refractivity contribution in [1.82, 2.24) is 5.32 Å². The minimum absolute atomic E-state index is 0.00843. The molecule has 0 spiro atoms. The van der Waals surface area contributed by atoms with Crippen LogP contribution in [0.5, 0.6) is 5.75 Å². The Morgan fingerprint density at radius 2 is 1.87 bits per heavy atom. The van der Waals surface area contributed by atoms with Gasteiger partial charge in [-0.3, -0.25) is 4.79 Å². The Kier molecular flexibility index (Phi) is 5.80. The summed E-state index contributed by atoms with van der Waals surface area (Å²) < 4.78 is 0. The van der Waals surface area contributed by atoms with E-state index in [0.717, 1.165) is 23.1 Å². The van der Waals surface area contributed by atoms with E-state index in [2.05, 4.69) is 5.32 Å². The Bertz CT molecular complexity index is 652. The number of nitrogens with one attached hydrogen (secondary N) is 1.